The summed E-state index contributed by atoms with van der Waals surface area (Å²) in [6, 6.07) is 3.60. The van der Waals surface area contributed by atoms with Crippen LogP contribution in [0.1, 0.15) is 5.76 Å². The Balaban J connectivity index is 2.09. The molecule has 2 heterocycles. The molecule has 1 aromatic rings. The Hall–Kier alpha value is -1.36. The van der Waals surface area contributed by atoms with Crippen LogP contribution in [0.4, 0.5) is 0 Å². The second-order valence-electron chi connectivity index (χ2n) is 2.72. The third-order valence-electron chi connectivity index (χ3n) is 1.83. The van der Waals surface area contributed by atoms with E-state index in [9.17, 15) is 4.79 Å². The van der Waals surface area contributed by atoms with Crippen LogP contribution >= 0.6 is 12.2 Å². The molecule has 0 spiro atoms. The van der Waals surface area contributed by atoms with Crippen LogP contribution in [0.25, 0.3) is 0 Å². The van der Waals surface area contributed by atoms with E-state index in [0.29, 0.717) is 18.2 Å². The van der Waals surface area contributed by atoms with E-state index in [0.717, 1.165) is 5.76 Å². The van der Waals surface area contributed by atoms with Crippen molar-refractivity contribution in [3.05, 3.63) is 24.2 Å². The summed E-state index contributed by atoms with van der Waals surface area (Å²) in [4.78, 5) is 12.7. The number of hydrogen-bond donors (Lipinski definition) is 1. The molecule has 0 atom stereocenters. The normalized spacial score (nSPS) is 16.5. The smallest absolute Gasteiger partial charge is 0.248 e. The van der Waals surface area contributed by atoms with Crippen molar-refractivity contribution in [1.29, 1.82) is 0 Å². The van der Waals surface area contributed by atoms with E-state index in [-0.39, 0.29) is 5.91 Å². The van der Waals surface area contributed by atoms with E-state index in [1.165, 1.54) is 4.90 Å². The summed E-state index contributed by atoms with van der Waals surface area (Å²) in [5, 5.41) is 3.27. The molecule has 1 fully saturated rings. The van der Waals surface area contributed by atoms with Gasteiger partial charge in [0.2, 0.25) is 5.91 Å². The van der Waals surface area contributed by atoms with Crippen molar-refractivity contribution in [3.8, 4) is 0 Å². The van der Waals surface area contributed by atoms with Gasteiger partial charge in [-0.05, 0) is 24.4 Å². The first-order valence-electron chi connectivity index (χ1n) is 3.88. The highest BCUT2D eigenvalue weighted by molar-refractivity contribution is 7.80. The Morgan fingerprint density at radius 3 is 3.08 bits per heavy atom. The molecule has 4 nitrogen and oxygen atoms in total. The number of rotatable bonds is 2. The molecule has 1 aliphatic rings. The van der Waals surface area contributed by atoms with Gasteiger partial charge in [-0.25, -0.2) is 0 Å². The lowest BCUT2D eigenvalue weighted by atomic mass is 10.4. The third kappa shape index (κ3) is 1.55. The summed E-state index contributed by atoms with van der Waals surface area (Å²) in [5.41, 5.74) is 0. The Labute approximate surface area is 80.5 Å². The average Bonchev–Trinajstić information content (AvgIpc) is 2.70. The van der Waals surface area contributed by atoms with Gasteiger partial charge in [-0.15, -0.1) is 0 Å². The van der Waals surface area contributed by atoms with E-state index in [4.69, 9.17) is 16.6 Å². The van der Waals surface area contributed by atoms with Crippen molar-refractivity contribution < 1.29 is 9.21 Å². The lowest BCUT2D eigenvalue weighted by molar-refractivity contribution is -0.125. The van der Waals surface area contributed by atoms with Crippen LogP contribution in [0.3, 0.4) is 0 Å². The van der Waals surface area contributed by atoms with E-state index in [2.05, 4.69) is 5.32 Å². The van der Waals surface area contributed by atoms with Gasteiger partial charge in [0, 0.05) is 0 Å². The molecule has 2 rings (SSSR count). The van der Waals surface area contributed by atoms with E-state index < -0.39 is 0 Å². The molecular weight excluding hydrogens is 188 g/mol. The van der Waals surface area contributed by atoms with Gasteiger partial charge in [0.15, 0.2) is 5.11 Å². The van der Waals surface area contributed by atoms with Crippen molar-refractivity contribution in [2.75, 3.05) is 6.54 Å². The Morgan fingerprint density at radius 2 is 2.54 bits per heavy atom. The fraction of sp³-hybridized carbons (Fsp3) is 0.250. The molecule has 1 amide bonds. The van der Waals surface area contributed by atoms with Crippen LogP contribution < -0.4 is 5.32 Å². The van der Waals surface area contributed by atoms with E-state index >= 15 is 0 Å². The molecule has 1 aliphatic heterocycles. The van der Waals surface area contributed by atoms with Crippen molar-refractivity contribution in [3.63, 3.8) is 0 Å². The molecule has 1 saturated heterocycles. The minimum Gasteiger partial charge on any atom is -0.467 e. The summed E-state index contributed by atoms with van der Waals surface area (Å²) in [7, 11) is 0. The predicted molar refractivity (Wildman–Crippen MR) is 49.9 cm³/mol. The lowest BCUT2D eigenvalue weighted by Crippen LogP contribution is -2.29. The van der Waals surface area contributed by atoms with Crippen LogP contribution in [-0.2, 0) is 11.3 Å². The number of nitrogens with one attached hydrogen (secondary N) is 1. The quantitative estimate of drug-likeness (QED) is 0.699. The highest BCUT2D eigenvalue weighted by atomic mass is 32.1. The maximum atomic E-state index is 11.2. The molecule has 0 radical (unpaired) electrons. The topological polar surface area (TPSA) is 45.5 Å². The van der Waals surface area contributed by atoms with Crippen molar-refractivity contribution in [2.45, 2.75) is 6.54 Å². The van der Waals surface area contributed by atoms with Gasteiger partial charge in [0.25, 0.3) is 0 Å². The molecule has 0 aromatic carbocycles. The zero-order valence-corrected chi connectivity index (χ0v) is 7.63. The molecule has 0 saturated carbocycles. The Bertz CT molecular complexity index is 318. The maximum Gasteiger partial charge on any atom is 0.248 e. The SMILES string of the molecule is O=C1CNC(=S)N1Cc1ccco1. The minimum atomic E-state index is -0.0126. The van der Waals surface area contributed by atoms with Gasteiger partial charge in [0.05, 0.1) is 19.4 Å². The molecule has 0 unspecified atom stereocenters. The molecular formula is C8H8N2O2S. The van der Waals surface area contributed by atoms with Crippen LogP contribution in [0, 0.1) is 0 Å². The highest BCUT2D eigenvalue weighted by Gasteiger charge is 2.25. The Kier molecular flexibility index (Phi) is 2.02. The fourth-order valence-electron chi connectivity index (χ4n) is 1.17. The molecule has 1 N–H and O–H groups in total. The summed E-state index contributed by atoms with van der Waals surface area (Å²) in [5.74, 6) is 0.723. The zero-order valence-electron chi connectivity index (χ0n) is 6.82. The molecule has 0 aliphatic carbocycles. The van der Waals surface area contributed by atoms with Crippen LogP contribution in [0.5, 0.6) is 0 Å². The second-order valence-corrected chi connectivity index (χ2v) is 3.10. The number of amides is 1. The van der Waals surface area contributed by atoms with Gasteiger partial charge in [-0.1, -0.05) is 0 Å². The minimum absolute atomic E-state index is 0.0126. The number of hydrogen-bond acceptors (Lipinski definition) is 3. The second kappa shape index (κ2) is 3.18. The summed E-state index contributed by atoms with van der Waals surface area (Å²) < 4.78 is 5.11. The fourth-order valence-corrected chi connectivity index (χ4v) is 1.41. The molecule has 0 bridgehead atoms. The van der Waals surface area contributed by atoms with E-state index in [1.54, 1.807) is 12.3 Å². The van der Waals surface area contributed by atoms with Crippen LogP contribution in [0.15, 0.2) is 22.8 Å². The van der Waals surface area contributed by atoms with Crippen LogP contribution in [-0.4, -0.2) is 22.5 Å². The van der Waals surface area contributed by atoms with Gasteiger partial charge < -0.3 is 9.73 Å². The monoisotopic (exact) mass is 196 g/mol. The zero-order chi connectivity index (χ0) is 9.26. The number of thiocarbonyl (C=S) groups is 1. The summed E-state index contributed by atoms with van der Waals surface area (Å²) in [6.07, 6.45) is 1.58. The standard InChI is InChI=1S/C8H8N2O2S/c11-7-4-9-8(13)10(7)5-6-2-1-3-12-6/h1-3H,4-5H2,(H,9,13). The Morgan fingerprint density at radius 1 is 1.69 bits per heavy atom. The first-order chi connectivity index (χ1) is 6.27. The van der Waals surface area contributed by atoms with Gasteiger partial charge in [-0.3, -0.25) is 9.69 Å². The first kappa shape index (κ1) is 8.25. The maximum absolute atomic E-state index is 11.2. The number of carbonyl (C=O) groups is 1. The third-order valence-corrected chi connectivity index (χ3v) is 2.20. The highest BCUT2D eigenvalue weighted by Crippen LogP contribution is 2.08. The lowest BCUT2D eigenvalue weighted by Gasteiger charge is -2.11. The van der Waals surface area contributed by atoms with E-state index in [1.807, 2.05) is 6.07 Å². The molecule has 68 valence electrons. The van der Waals surface area contributed by atoms with Crippen LogP contribution in [0.2, 0.25) is 0 Å². The van der Waals surface area contributed by atoms with Crippen molar-refractivity contribution >= 4 is 23.2 Å². The molecule has 13 heavy (non-hydrogen) atoms. The molecule has 5 heteroatoms. The van der Waals surface area contributed by atoms with Gasteiger partial charge in [0.1, 0.15) is 5.76 Å². The number of furan rings is 1. The van der Waals surface area contributed by atoms with Crippen molar-refractivity contribution in [1.82, 2.24) is 10.2 Å². The number of carbonyl (C=O) groups excluding carboxylic acids is 1. The van der Waals surface area contributed by atoms with Gasteiger partial charge in [-0.2, -0.15) is 0 Å². The number of nitrogens with zero attached hydrogens (tertiary/aromatic N) is 1. The first-order valence-corrected chi connectivity index (χ1v) is 4.29. The summed E-state index contributed by atoms with van der Waals surface area (Å²) in [6.45, 7) is 0.706. The summed E-state index contributed by atoms with van der Waals surface area (Å²) >= 11 is 4.94. The largest absolute Gasteiger partial charge is 0.467 e. The average molecular weight is 196 g/mol. The van der Waals surface area contributed by atoms with Crippen molar-refractivity contribution in [2.24, 2.45) is 0 Å². The predicted octanol–water partition coefficient (Wildman–Crippen LogP) is 0.496. The van der Waals surface area contributed by atoms with Gasteiger partial charge >= 0.3 is 0 Å². The molecule has 1 aromatic heterocycles.